The summed E-state index contributed by atoms with van der Waals surface area (Å²) in [5.41, 5.74) is 10.8. The molecule has 4 nitrogen and oxygen atoms in total. The predicted octanol–water partition coefficient (Wildman–Crippen LogP) is 1.48. The van der Waals surface area contributed by atoms with Crippen molar-refractivity contribution >= 4 is 6.09 Å². The average Bonchev–Trinajstić information content (AvgIpc) is 1.96. The van der Waals surface area contributed by atoms with E-state index in [1.54, 1.807) is 0 Å². The van der Waals surface area contributed by atoms with Crippen molar-refractivity contribution in [3.63, 3.8) is 0 Å². The molecule has 2 atom stereocenters. The third-order valence-corrected chi connectivity index (χ3v) is 2.22. The molecular weight excluding hydrogens is 180 g/mol. The van der Waals surface area contributed by atoms with Gasteiger partial charge >= 0.3 is 6.09 Å². The van der Waals surface area contributed by atoms with Crippen LogP contribution in [0.2, 0.25) is 0 Å². The lowest BCUT2D eigenvalue weighted by Gasteiger charge is -2.35. The van der Waals surface area contributed by atoms with Crippen molar-refractivity contribution in [2.45, 2.75) is 46.8 Å². The van der Waals surface area contributed by atoms with Crippen LogP contribution in [0.15, 0.2) is 0 Å². The van der Waals surface area contributed by atoms with Crippen LogP contribution in [-0.4, -0.2) is 18.2 Å². The number of carbonyl (C=O) groups is 1. The maximum absolute atomic E-state index is 10.7. The van der Waals surface area contributed by atoms with Gasteiger partial charge in [-0.25, -0.2) is 4.79 Å². The van der Waals surface area contributed by atoms with E-state index < -0.39 is 6.09 Å². The fraction of sp³-hybridized carbons (Fsp3) is 0.900. The minimum absolute atomic E-state index is 0.192. The molecule has 0 aromatic carbocycles. The Balaban J connectivity index is 4.64. The SMILES string of the molecule is CC(C)C(N)C(OC(N)=O)C(C)(C)C. The molecule has 0 heterocycles. The highest BCUT2D eigenvalue weighted by molar-refractivity contribution is 5.65. The molecule has 84 valence electrons. The van der Waals surface area contributed by atoms with Gasteiger partial charge in [0.2, 0.25) is 0 Å². The fourth-order valence-electron chi connectivity index (χ4n) is 1.31. The first-order valence-corrected chi connectivity index (χ1v) is 4.88. The lowest BCUT2D eigenvalue weighted by molar-refractivity contribution is 0.00968. The number of ether oxygens (including phenoxy) is 1. The number of hydrogen-bond donors (Lipinski definition) is 2. The number of amides is 1. The Morgan fingerprint density at radius 1 is 1.29 bits per heavy atom. The van der Waals surface area contributed by atoms with Crippen molar-refractivity contribution in [2.75, 3.05) is 0 Å². The van der Waals surface area contributed by atoms with Gasteiger partial charge in [-0.15, -0.1) is 0 Å². The maximum atomic E-state index is 10.7. The van der Waals surface area contributed by atoms with Crippen LogP contribution >= 0.6 is 0 Å². The van der Waals surface area contributed by atoms with Crippen LogP contribution in [0.5, 0.6) is 0 Å². The first-order valence-electron chi connectivity index (χ1n) is 4.88. The Morgan fingerprint density at radius 2 is 1.71 bits per heavy atom. The van der Waals surface area contributed by atoms with Gasteiger partial charge in [0.25, 0.3) is 0 Å². The van der Waals surface area contributed by atoms with E-state index >= 15 is 0 Å². The minimum Gasteiger partial charge on any atom is -0.444 e. The topological polar surface area (TPSA) is 78.3 Å². The molecule has 0 aliphatic heterocycles. The normalized spacial score (nSPS) is 16.5. The van der Waals surface area contributed by atoms with Crippen LogP contribution in [0.25, 0.3) is 0 Å². The van der Waals surface area contributed by atoms with Crippen LogP contribution in [0.3, 0.4) is 0 Å². The summed E-state index contributed by atoms with van der Waals surface area (Å²) in [6.07, 6.45) is -1.11. The molecule has 0 aromatic heterocycles. The highest BCUT2D eigenvalue weighted by Gasteiger charge is 2.34. The largest absolute Gasteiger partial charge is 0.444 e. The van der Waals surface area contributed by atoms with Crippen LogP contribution in [0.4, 0.5) is 4.79 Å². The third-order valence-electron chi connectivity index (χ3n) is 2.22. The molecule has 4 heteroatoms. The number of carbonyl (C=O) groups excluding carboxylic acids is 1. The van der Waals surface area contributed by atoms with E-state index in [9.17, 15) is 4.79 Å². The first kappa shape index (κ1) is 13.2. The highest BCUT2D eigenvalue weighted by Crippen LogP contribution is 2.26. The predicted molar refractivity (Wildman–Crippen MR) is 56.7 cm³/mol. The van der Waals surface area contributed by atoms with E-state index in [4.69, 9.17) is 16.2 Å². The van der Waals surface area contributed by atoms with Gasteiger partial charge in [0, 0.05) is 11.5 Å². The Morgan fingerprint density at radius 3 is 1.93 bits per heavy atom. The van der Waals surface area contributed by atoms with E-state index in [1.165, 1.54) is 0 Å². The molecule has 0 saturated heterocycles. The summed E-state index contributed by atoms with van der Waals surface area (Å²) in [7, 11) is 0. The van der Waals surface area contributed by atoms with Gasteiger partial charge in [-0.05, 0) is 5.92 Å². The number of hydrogen-bond acceptors (Lipinski definition) is 3. The summed E-state index contributed by atoms with van der Waals surface area (Å²) in [6, 6.07) is -0.192. The van der Waals surface area contributed by atoms with Crippen molar-refractivity contribution in [1.82, 2.24) is 0 Å². The minimum atomic E-state index is -0.763. The van der Waals surface area contributed by atoms with Gasteiger partial charge in [-0.2, -0.15) is 0 Å². The number of primary amides is 1. The Hall–Kier alpha value is -0.770. The summed E-state index contributed by atoms with van der Waals surface area (Å²) in [6.45, 7) is 9.91. The van der Waals surface area contributed by atoms with Crippen LogP contribution in [0, 0.1) is 11.3 Å². The monoisotopic (exact) mass is 202 g/mol. The first-order chi connectivity index (χ1) is 6.16. The highest BCUT2D eigenvalue weighted by atomic mass is 16.6. The molecule has 0 fully saturated rings. The van der Waals surface area contributed by atoms with E-state index in [0.29, 0.717) is 0 Å². The number of nitrogens with two attached hydrogens (primary N) is 2. The average molecular weight is 202 g/mol. The van der Waals surface area contributed by atoms with Crippen molar-refractivity contribution in [3.05, 3.63) is 0 Å². The molecule has 0 aromatic rings. The van der Waals surface area contributed by atoms with Crippen LogP contribution in [-0.2, 0) is 4.74 Å². The molecule has 0 saturated carbocycles. The van der Waals surface area contributed by atoms with E-state index in [2.05, 4.69) is 0 Å². The molecule has 0 bridgehead atoms. The van der Waals surface area contributed by atoms with Crippen molar-refractivity contribution < 1.29 is 9.53 Å². The van der Waals surface area contributed by atoms with Gasteiger partial charge in [0.1, 0.15) is 6.10 Å². The maximum Gasteiger partial charge on any atom is 0.404 e. The van der Waals surface area contributed by atoms with Gasteiger partial charge in [0.05, 0.1) is 0 Å². The smallest absolute Gasteiger partial charge is 0.404 e. The molecule has 4 N–H and O–H groups in total. The second kappa shape index (κ2) is 4.64. The summed E-state index contributed by atoms with van der Waals surface area (Å²) in [5.74, 6) is 0.249. The third kappa shape index (κ3) is 3.96. The van der Waals surface area contributed by atoms with Crippen LogP contribution in [0.1, 0.15) is 34.6 Å². The van der Waals surface area contributed by atoms with Gasteiger partial charge in [-0.1, -0.05) is 34.6 Å². The molecule has 0 aliphatic carbocycles. The molecule has 2 unspecified atom stereocenters. The Labute approximate surface area is 86.0 Å². The summed E-state index contributed by atoms with van der Waals surface area (Å²) < 4.78 is 5.05. The molecule has 1 amide bonds. The van der Waals surface area contributed by atoms with Crippen molar-refractivity contribution in [3.8, 4) is 0 Å². The zero-order chi connectivity index (χ0) is 11.5. The lowest BCUT2D eigenvalue weighted by atomic mass is 9.81. The van der Waals surface area contributed by atoms with Crippen molar-refractivity contribution in [2.24, 2.45) is 22.8 Å². The fourth-order valence-corrected chi connectivity index (χ4v) is 1.31. The second-order valence-electron chi connectivity index (χ2n) is 5.04. The zero-order valence-electron chi connectivity index (χ0n) is 9.70. The molecular formula is C10H22N2O2. The molecule has 0 spiro atoms. The summed E-state index contributed by atoms with van der Waals surface area (Å²) in [5, 5.41) is 0. The van der Waals surface area contributed by atoms with Crippen molar-refractivity contribution in [1.29, 1.82) is 0 Å². The molecule has 14 heavy (non-hydrogen) atoms. The number of rotatable bonds is 3. The van der Waals surface area contributed by atoms with Gasteiger partial charge in [-0.3, -0.25) is 0 Å². The van der Waals surface area contributed by atoms with Gasteiger partial charge in [0.15, 0.2) is 0 Å². The molecule has 0 aliphatic rings. The standard InChI is InChI=1S/C10H22N2O2/c1-6(2)7(11)8(10(3,4)5)14-9(12)13/h6-8H,11H2,1-5H3,(H2,12,13). The lowest BCUT2D eigenvalue weighted by Crippen LogP contribution is -2.49. The quantitative estimate of drug-likeness (QED) is 0.727. The molecule has 0 radical (unpaired) electrons. The second-order valence-corrected chi connectivity index (χ2v) is 5.04. The zero-order valence-corrected chi connectivity index (χ0v) is 9.70. The van der Waals surface area contributed by atoms with Gasteiger partial charge < -0.3 is 16.2 Å². The molecule has 0 rings (SSSR count). The Bertz CT molecular complexity index is 197. The van der Waals surface area contributed by atoms with Crippen LogP contribution < -0.4 is 11.5 Å². The summed E-state index contributed by atoms with van der Waals surface area (Å²) >= 11 is 0. The Kier molecular flexibility index (Phi) is 4.39. The summed E-state index contributed by atoms with van der Waals surface area (Å²) in [4.78, 5) is 10.7. The van der Waals surface area contributed by atoms with E-state index in [0.717, 1.165) is 0 Å². The van der Waals surface area contributed by atoms with E-state index in [-0.39, 0.29) is 23.5 Å². The van der Waals surface area contributed by atoms with E-state index in [1.807, 2.05) is 34.6 Å².